The summed E-state index contributed by atoms with van der Waals surface area (Å²) in [6.45, 7) is 7.24. The number of aliphatic hydroxyl groups is 1. The predicted octanol–water partition coefficient (Wildman–Crippen LogP) is 24.0. The summed E-state index contributed by atoms with van der Waals surface area (Å²) in [6, 6.07) is 0. The van der Waals surface area contributed by atoms with Gasteiger partial charge in [0.25, 0.3) is 0 Å². The van der Waals surface area contributed by atoms with Crippen LogP contribution in [0.2, 0.25) is 0 Å². The van der Waals surface area contributed by atoms with E-state index in [4.69, 9.17) is 37.0 Å². The van der Waals surface area contributed by atoms with Crippen molar-refractivity contribution < 1.29 is 80.2 Å². The number of hydrogen-bond acceptors (Lipinski definition) is 15. The fourth-order valence-corrected chi connectivity index (χ4v) is 14.0. The van der Waals surface area contributed by atoms with Gasteiger partial charge in [-0.15, -0.1) is 0 Å². The molecule has 588 valence electrons. The summed E-state index contributed by atoms with van der Waals surface area (Å²) >= 11 is 0. The van der Waals surface area contributed by atoms with Crippen molar-refractivity contribution in [2.75, 3.05) is 39.6 Å². The first-order chi connectivity index (χ1) is 48.0. The van der Waals surface area contributed by atoms with Crippen LogP contribution in [0, 0.1) is 5.92 Å². The SMILES string of the molecule is CCCCCCCCCCCCCCCCCCCCCCC(=O)OC[C@H](COP(=O)(O)OC[C@@H](O)COP(=O)(O)OC[C@@H](COC(=O)CCCCCCCCCC)OC(=O)CCCCCCCCCCC(C)C)OC(=O)CCCCCCCCCCCCCCCCCCCCCC. The number of aliphatic hydroxyl groups excluding tert-OH is 1. The van der Waals surface area contributed by atoms with Crippen molar-refractivity contribution >= 4 is 39.5 Å². The van der Waals surface area contributed by atoms with Gasteiger partial charge in [0.05, 0.1) is 26.4 Å². The first-order valence-corrected chi connectivity index (χ1v) is 44.6. The van der Waals surface area contributed by atoms with Gasteiger partial charge in [0, 0.05) is 25.7 Å². The Morgan fingerprint density at radius 3 is 0.687 bits per heavy atom. The molecule has 0 aliphatic carbocycles. The summed E-state index contributed by atoms with van der Waals surface area (Å²) < 4.78 is 68.5. The van der Waals surface area contributed by atoms with E-state index in [1.165, 1.54) is 244 Å². The van der Waals surface area contributed by atoms with Crippen LogP contribution in [0.3, 0.4) is 0 Å². The summed E-state index contributed by atoms with van der Waals surface area (Å²) in [5, 5.41) is 10.6. The lowest BCUT2D eigenvalue weighted by atomic mass is 10.0. The minimum absolute atomic E-state index is 0.105. The molecule has 0 fully saturated rings. The molecule has 0 spiro atoms. The minimum Gasteiger partial charge on any atom is -0.462 e. The smallest absolute Gasteiger partial charge is 0.462 e. The van der Waals surface area contributed by atoms with Crippen LogP contribution in [0.1, 0.15) is 426 Å². The molecule has 0 saturated carbocycles. The Balaban J connectivity index is 5.17. The van der Waals surface area contributed by atoms with Crippen molar-refractivity contribution in [3.8, 4) is 0 Å². The molecule has 19 heteroatoms. The third-order valence-corrected chi connectivity index (χ3v) is 20.7. The maximum absolute atomic E-state index is 13.1. The van der Waals surface area contributed by atoms with E-state index in [0.29, 0.717) is 25.7 Å². The van der Waals surface area contributed by atoms with Crippen molar-refractivity contribution in [1.82, 2.24) is 0 Å². The fraction of sp³-hybridized carbons (Fsp3) is 0.950. The average Bonchev–Trinajstić information content (AvgIpc) is 1.07. The van der Waals surface area contributed by atoms with Crippen LogP contribution in [0.25, 0.3) is 0 Å². The van der Waals surface area contributed by atoms with E-state index in [2.05, 4.69) is 34.6 Å². The molecule has 0 saturated heterocycles. The van der Waals surface area contributed by atoms with E-state index in [1.807, 2.05) is 0 Å². The summed E-state index contributed by atoms with van der Waals surface area (Å²) in [7, 11) is -9.91. The van der Waals surface area contributed by atoms with Gasteiger partial charge in [-0.3, -0.25) is 37.3 Å². The van der Waals surface area contributed by atoms with E-state index in [9.17, 15) is 43.2 Å². The first kappa shape index (κ1) is 97.1. The number of unbranched alkanes of at least 4 members (excludes halogenated alkanes) is 52. The van der Waals surface area contributed by atoms with E-state index >= 15 is 0 Å². The van der Waals surface area contributed by atoms with Crippen molar-refractivity contribution in [3.63, 3.8) is 0 Å². The van der Waals surface area contributed by atoms with Gasteiger partial charge in [-0.1, -0.05) is 375 Å². The summed E-state index contributed by atoms with van der Waals surface area (Å²) in [5.74, 6) is -1.40. The highest BCUT2D eigenvalue weighted by Gasteiger charge is 2.30. The standard InChI is InChI=1S/C80H156O17P2/c1-6-9-12-15-18-21-23-25-27-29-31-33-35-37-39-41-43-49-54-59-64-78(83)91-70-76(96-79(84)65-60-55-50-44-42-40-38-36-34-32-30-28-26-24-22-19-16-13-10-7-2)72-95-99(88,89)93-68-74(81)67-92-98(86,87)94-71-75(69-90-77(82)63-58-53-48-20-17-14-11-8-3)97-80(85)66-61-56-51-46-45-47-52-57-62-73(4)5/h73-76,81H,6-72H2,1-5H3,(H,86,87)(H,88,89)/t74-,75+,76+/m0/s1. The summed E-state index contributed by atoms with van der Waals surface area (Å²) in [6.07, 6.45) is 64.2. The van der Waals surface area contributed by atoms with E-state index in [0.717, 1.165) is 102 Å². The van der Waals surface area contributed by atoms with Crippen molar-refractivity contribution in [2.24, 2.45) is 5.92 Å². The molecule has 0 bridgehead atoms. The third kappa shape index (κ3) is 74.1. The van der Waals surface area contributed by atoms with E-state index in [1.54, 1.807) is 0 Å². The monoisotopic (exact) mass is 1450 g/mol. The van der Waals surface area contributed by atoms with Crippen molar-refractivity contribution in [3.05, 3.63) is 0 Å². The van der Waals surface area contributed by atoms with E-state index < -0.39 is 97.5 Å². The number of rotatable bonds is 80. The van der Waals surface area contributed by atoms with Gasteiger partial charge < -0.3 is 33.8 Å². The maximum Gasteiger partial charge on any atom is 0.472 e. The molecular formula is C80H156O17P2. The first-order valence-electron chi connectivity index (χ1n) is 41.6. The molecular weight excluding hydrogens is 1290 g/mol. The van der Waals surface area contributed by atoms with Gasteiger partial charge >= 0.3 is 39.5 Å². The zero-order chi connectivity index (χ0) is 72.7. The molecule has 0 aromatic rings. The summed E-state index contributed by atoms with van der Waals surface area (Å²) in [5.41, 5.74) is 0. The molecule has 5 atom stereocenters. The highest BCUT2D eigenvalue weighted by atomic mass is 31.2. The van der Waals surface area contributed by atoms with Crippen molar-refractivity contribution in [2.45, 2.75) is 445 Å². The van der Waals surface area contributed by atoms with Crippen LogP contribution >= 0.6 is 15.6 Å². The number of ether oxygens (including phenoxy) is 4. The zero-order valence-electron chi connectivity index (χ0n) is 64.6. The Labute approximate surface area is 607 Å². The molecule has 0 heterocycles. The number of phosphoric ester groups is 2. The Morgan fingerprint density at radius 1 is 0.273 bits per heavy atom. The number of carbonyl (C=O) groups excluding carboxylic acids is 4. The van der Waals surface area contributed by atoms with Crippen LogP contribution < -0.4 is 0 Å². The molecule has 99 heavy (non-hydrogen) atoms. The molecule has 0 rings (SSSR count). The molecule has 3 N–H and O–H groups in total. The molecule has 0 aromatic carbocycles. The molecule has 0 radical (unpaired) electrons. The average molecular weight is 1450 g/mol. The highest BCUT2D eigenvalue weighted by molar-refractivity contribution is 7.47. The second-order valence-corrected chi connectivity index (χ2v) is 32.2. The van der Waals surface area contributed by atoms with Crippen LogP contribution in [-0.2, 0) is 65.4 Å². The normalized spacial score (nSPS) is 13.9. The summed E-state index contributed by atoms with van der Waals surface area (Å²) in [4.78, 5) is 72.8. The number of phosphoric acid groups is 2. The van der Waals surface area contributed by atoms with Gasteiger partial charge in [-0.05, 0) is 31.6 Å². The van der Waals surface area contributed by atoms with Gasteiger partial charge in [0.2, 0.25) is 0 Å². The lowest BCUT2D eigenvalue weighted by Gasteiger charge is -2.21. The Hall–Kier alpha value is -1.94. The number of carbonyl (C=O) groups is 4. The second-order valence-electron chi connectivity index (χ2n) is 29.3. The van der Waals surface area contributed by atoms with Crippen LogP contribution in [0.15, 0.2) is 0 Å². The quantitative estimate of drug-likeness (QED) is 0.0222. The minimum atomic E-state index is -4.96. The Morgan fingerprint density at radius 2 is 0.465 bits per heavy atom. The zero-order valence-corrected chi connectivity index (χ0v) is 66.4. The molecule has 0 aliphatic heterocycles. The van der Waals surface area contributed by atoms with Crippen molar-refractivity contribution in [1.29, 1.82) is 0 Å². The lowest BCUT2D eigenvalue weighted by molar-refractivity contribution is -0.161. The topological polar surface area (TPSA) is 237 Å². The second kappa shape index (κ2) is 73.0. The fourth-order valence-electron chi connectivity index (χ4n) is 12.4. The Bertz CT molecular complexity index is 1890. The van der Waals surface area contributed by atoms with Crippen LogP contribution in [0.4, 0.5) is 0 Å². The van der Waals surface area contributed by atoms with E-state index in [-0.39, 0.29) is 25.7 Å². The van der Waals surface area contributed by atoms with Gasteiger partial charge in [-0.25, -0.2) is 9.13 Å². The largest absolute Gasteiger partial charge is 0.472 e. The maximum atomic E-state index is 13.1. The number of esters is 4. The molecule has 0 amide bonds. The van der Waals surface area contributed by atoms with Crippen LogP contribution in [-0.4, -0.2) is 96.7 Å². The third-order valence-electron chi connectivity index (χ3n) is 18.8. The highest BCUT2D eigenvalue weighted by Crippen LogP contribution is 2.45. The Kier molecular flexibility index (Phi) is 71.6. The van der Waals surface area contributed by atoms with Crippen LogP contribution in [0.5, 0.6) is 0 Å². The van der Waals surface area contributed by atoms with Gasteiger partial charge in [0.15, 0.2) is 12.2 Å². The lowest BCUT2D eigenvalue weighted by Crippen LogP contribution is -2.30. The molecule has 0 aromatic heterocycles. The number of hydrogen-bond donors (Lipinski definition) is 3. The van der Waals surface area contributed by atoms with Gasteiger partial charge in [0.1, 0.15) is 19.3 Å². The molecule has 17 nitrogen and oxygen atoms in total. The predicted molar refractivity (Wildman–Crippen MR) is 405 cm³/mol. The molecule has 2 unspecified atom stereocenters. The molecule has 0 aliphatic rings. The van der Waals surface area contributed by atoms with Gasteiger partial charge in [-0.2, -0.15) is 0 Å².